The molecule has 1 rings (SSSR count). The molecule has 2 heteroatoms. The molecule has 0 bridgehead atoms. The van der Waals surface area contributed by atoms with Crippen LogP contribution in [0.3, 0.4) is 0 Å². The van der Waals surface area contributed by atoms with Gasteiger partial charge in [-0.05, 0) is 23.5 Å². The van der Waals surface area contributed by atoms with Gasteiger partial charge in [-0.1, -0.05) is 38.1 Å². The van der Waals surface area contributed by atoms with E-state index in [1.54, 1.807) is 0 Å². The van der Waals surface area contributed by atoms with Crippen molar-refractivity contribution in [2.45, 2.75) is 38.5 Å². The Bertz CT molecular complexity index is 421. The molecule has 1 aromatic rings. The highest BCUT2D eigenvalue weighted by Crippen LogP contribution is 2.24. The van der Waals surface area contributed by atoms with E-state index in [2.05, 4.69) is 38.1 Å². The van der Waals surface area contributed by atoms with Crippen LogP contribution in [0.25, 0.3) is 0 Å². The first-order valence-electron chi connectivity index (χ1n) is 5.55. The Balaban J connectivity index is 2.90. The molecule has 0 saturated carbocycles. The van der Waals surface area contributed by atoms with Gasteiger partial charge in [-0.2, -0.15) is 10.5 Å². The lowest BCUT2D eigenvalue weighted by Gasteiger charge is -2.11. The van der Waals surface area contributed by atoms with Crippen LogP contribution in [0.2, 0.25) is 0 Å². The van der Waals surface area contributed by atoms with Crippen LogP contribution in [-0.4, -0.2) is 0 Å². The van der Waals surface area contributed by atoms with Gasteiger partial charge in [-0.3, -0.25) is 0 Å². The highest BCUT2D eigenvalue weighted by Gasteiger charge is 2.11. The van der Waals surface area contributed by atoms with Gasteiger partial charge in [-0.15, -0.1) is 0 Å². The van der Waals surface area contributed by atoms with Crippen molar-refractivity contribution in [1.82, 2.24) is 0 Å². The molecule has 0 spiro atoms. The molecule has 0 saturated heterocycles. The first kappa shape index (κ1) is 12.3. The SMILES string of the molecule is CC(C)c1cccc(C(C#N)CCC#N)c1. The summed E-state index contributed by atoms with van der Waals surface area (Å²) in [5.74, 6) is 0.314. The van der Waals surface area contributed by atoms with Crippen molar-refractivity contribution >= 4 is 0 Å². The molecule has 82 valence electrons. The zero-order valence-electron chi connectivity index (χ0n) is 9.77. The molecule has 1 aromatic carbocycles. The summed E-state index contributed by atoms with van der Waals surface area (Å²) < 4.78 is 0. The summed E-state index contributed by atoms with van der Waals surface area (Å²) in [7, 11) is 0. The Morgan fingerprint density at radius 2 is 1.88 bits per heavy atom. The number of benzene rings is 1. The molecule has 0 N–H and O–H groups in total. The van der Waals surface area contributed by atoms with E-state index in [4.69, 9.17) is 10.5 Å². The fourth-order valence-corrected chi connectivity index (χ4v) is 1.65. The maximum absolute atomic E-state index is 9.08. The lowest BCUT2D eigenvalue weighted by Crippen LogP contribution is -1.97. The Morgan fingerprint density at radius 1 is 1.19 bits per heavy atom. The molecule has 0 aliphatic heterocycles. The van der Waals surface area contributed by atoms with Crippen molar-refractivity contribution in [1.29, 1.82) is 10.5 Å². The van der Waals surface area contributed by atoms with Crippen molar-refractivity contribution in [2.75, 3.05) is 0 Å². The first-order chi connectivity index (χ1) is 7.69. The summed E-state index contributed by atoms with van der Waals surface area (Å²) in [6.45, 7) is 4.27. The lowest BCUT2D eigenvalue weighted by atomic mass is 9.92. The van der Waals surface area contributed by atoms with Gasteiger partial charge in [0.1, 0.15) is 0 Å². The monoisotopic (exact) mass is 212 g/mol. The van der Waals surface area contributed by atoms with Gasteiger partial charge in [0.15, 0.2) is 0 Å². The summed E-state index contributed by atoms with van der Waals surface area (Å²) in [4.78, 5) is 0. The zero-order valence-corrected chi connectivity index (χ0v) is 9.77. The second kappa shape index (κ2) is 5.93. The molecule has 0 radical (unpaired) electrons. The van der Waals surface area contributed by atoms with E-state index in [1.807, 2.05) is 12.1 Å². The summed E-state index contributed by atoms with van der Waals surface area (Å²) >= 11 is 0. The van der Waals surface area contributed by atoms with Crippen molar-refractivity contribution in [2.24, 2.45) is 0 Å². The third-order valence-corrected chi connectivity index (χ3v) is 2.68. The summed E-state index contributed by atoms with van der Waals surface area (Å²) in [5, 5.41) is 17.6. The minimum absolute atomic E-state index is 0.154. The molecule has 1 atom stereocenters. The Hall–Kier alpha value is -1.80. The second-order valence-electron chi connectivity index (χ2n) is 4.20. The standard InChI is InChI=1S/C14H16N2/c1-11(2)12-5-3-6-13(9-12)14(10-16)7-4-8-15/h3,5-6,9,11,14H,4,7H2,1-2H3. The molecule has 0 aliphatic carbocycles. The number of nitrogens with zero attached hydrogens (tertiary/aromatic N) is 2. The van der Waals surface area contributed by atoms with Gasteiger partial charge in [0.25, 0.3) is 0 Å². The van der Waals surface area contributed by atoms with Crippen LogP contribution in [0.15, 0.2) is 24.3 Å². The van der Waals surface area contributed by atoms with Crippen LogP contribution >= 0.6 is 0 Å². The summed E-state index contributed by atoms with van der Waals surface area (Å²) in [5.41, 5.74) is 2.28. The molecular weight excluding hydrogens is 196 g/mol. The van der Waals surface area contributed by atoms with E-state index in [9.17, 15) is 0 Å². The fourth-order valence-electron chi connectivity index (χ4n) is 1.65. The van der Waals surface area contributed by atoms with Gasteiger partial charge in [-0.25, -0.2) is 0 Å². The molecule has 0 aromatic heterocycles. The molecule has 0 amide bonds. The van der Waals surface area contributed by atoms with Crippen molar-refractivity contribution in [3.63, 3.8) is 0 Å². The van der Waals surface area contributed by atoms with Gasteiger partial charge < -0.3 is 0 Å². The molecule has 16 heavy (non-hydrogen) atoms. The number of hydrogen-bond acceptors (Lipinski definition) is 2. The van der Waals surface area contributed by atoms with Gasteiger partial charge in [0.2, 0.25) is 0 Å². The maximum Gasteiger partial charge on any atom is 0.0722 e. The molecule has 0 aliphatic rings. The van der Waals surface area contributed by atoms with Crippen LogP contribution in [-0.2, 0) is 0 Å². The molecular formula is C14H16N2. The minimum atomic E-state index is -0.154. The molecule has 0 heterocycles. The number of nitriles is 2. The van der Waals surface area contributed by atoms with Gasteiger partial charge in [0.05, 0.1) is 18.1 Å². The average molecular weight is 212 g/mol. The van der Waals surface area contributed by atoms with Gasteiger partial charge >= 0.3 is 0 Å². The highest BCUT2D eigenvalue weighted by molar-refractivity contribution is 5.31. The Labute approximate surface area is 97.1 Å². The summed E-state index contributed by atoms with van der Waals surface area (Å²) in [6.07, 6.45) is 1.05. The van der Waals surface area contributed by atoms with E-state index >= 15 is 0 Å². The quantitative estimate of drug-likeness (QED) is 0.763. The van der Waals surface area contributed by atoms with Crippen molar-refractivity contribution < 1.29 is 0 Å². The maximum atomic E-state index is 9.08. The zero-order chi connectivity index (χ0) is 12.0. The van der Waals surface area contributed by atoms with E-state index in [0.717, 1.165) is 5.56 Å². The number of rotatable bonds is 4. The van der Waals surface area contributed by atoms with Crippen molar-refractivity contribution in [3.8, 4) is 12.1 Å². The molecule has 0 fully saturated rings. The van der Waals surface area contributed by atoms with E-state index in [-0.39, 0.29) is 5.92 Å². The molecule has 2 nitrogen and oxygen atoms in total. The predicted octanol–water partition coefficient (Wildman–Crippen LogP) is 3.72. The third-order valence-electron chi connectivity index (χ3n) is 2.68. The Kier molecular flexibility index (Phi) is 4.55. The smallest absolute Gasteiger partial charge is 0.0722 e. The second-order valence-corrected chi connectivity index (χ2v) is 4.20. The van der Waals surface area contributed by atoms with Crippen LogP contribution in [0.5, 0.6) is 0 Å². The van der Waals surface area contributed by atoms with Crippen LogP contribution < -0.4 is 0 Å². The highest BCUT2D eigenvalue weighted by atomic mass is 14.3. The fraction of sp³-hybridized carbons (Fsp3) is 0.429. The van der Waals surface area contributed by atoms with Crippen LogP contribution in [0, 0.1) is 22.7 Å². The topological polar surface area (TPSA) is 47.6 Å². The van der Waals surface area contributed by atoms with E-state index < -0.39 is 0 Å². The third kappa shape index (κ3) is 3.11. The largest absolute Gasteiger partial charge is 0.198 e. The van der Waals surface area contributed by atoms with E-state index in [1.165, 1.54) is 5.56 Å². The summed E-state index contributed by atoms with van der Waals surface area (Å²) in [6, 6.07) is 12.5. The normalized spacial score (nSPS) is 11.8. The average Bonchev–Trinajstić information content (AvgIpc) is 2.30. The first-order valence-corrected chi connectivity index (χ1v) is 5.55. The minimum Gasteiger partial charge on any atom is -0.198 e. The molecule has 1 unspecified atom stereocenters. The van der Waals surface area contributed by atoms with E-state index in [0.29, 0.717) is 18.8 Å². The van der Waals surface area contributed by atoms with Crippen LogP contribution in [0.1, 0.15) is 49.7 Å². The van der Waals surface area contributed by atoms with Crippen molar-refractivity contribution in [3.05, 3.63) is 35.4 Å². The number of hydrogen-bond donors (Lipinski definition) is 0. The van der Waals surface area contributed by atoms with Gasteiger partial charge in [0, 0.05) is 6.42 Å². The lowest BCUT2D eigenvalue weighted by molar-refractivity contribution is 0.762. The Morgan fingerprint density at radius 3 is 2.44 bits per heavy atom. The predicted molar refractivity (Wildman–Crippen MR) is 63.7 cm³/mol. The van der Waals surface area contributed by atoms with Crippen LogP contribution in [0.4, 0.5) is 0 Å².